The maximum atomic E-state index is 11.8. The summed E-state index contributed by atoms with van der Waals surface area (Å²) in [6, 6.07) is 9.15. The molecule has 1 unspecified atom stereocenters. The number of halogens is 1. The predicted molar refractivity (Wildman–Crippen MR) is 75.5 cm³/mol. The number of rotatable bonds is 4. The molecule has 0 bridgehead atoms. The van der Waals surface area contributed by atoms with Crippen LogP contribution in [-0.4, -0.2) is 27.9 Å². The van der Waals surface area contributed by atoms with E-state index in [2.05, 4.69) is 20.8 Å². The third kappa shape index (κ3) is 3.91. The Bertz CT molecular complexity index is 562. The second kappa shape index (κ2) is 6.83. The maximum Gasteiger partial charge on any atom is 0.321 e. The standard InChI is InChI=1S/C13H13ClN4O2/c14-10-5-3-9(4-6-10)11(8-19)16-13(20)17-12-2-1-7-15-18-12/h1-7,11,19H,8H2,(H2,16,17,18,20). The lowest BCUT2D eigenvalue weighted by molar-refractivity contribution is 0.225. The van der Waals surface area contributed by atoms with Gasteiger partial charge in [-0.3, -0.25) is 5.32 Å². The van der Waals surface area contributed by atoms with E-state index in [1.807, 2.05) is 0 Å². The zero-order valence-electron chi connectivity index (χ0n) is 10.5. The highest BCUT2D eigenvalue weighted by molar-refractivity contribution is 6.30. The molecule has 0 aliphatic heterocycles. The molecule has 20 heavy (non-hydrogen) atoms. The van der Waals surface area contributed by atoms with Gasteiger partial charge in [-0.25, -0.2) is 4.79 Å². The number of hydrogen-bond donors (Lipinski definition) is 3. The van der Waals surface area contributed by atoms with E-state index in [0.717, 1.165) is 5.56 Å². The molecule has 1 heterocycles. The van der Waals surface area contributed by atoms with Crippen molar-refractivity contribution >= 4 is 23.4 Å². The highest BCUT2D eigenvalue weighted by atomic mass is 35.5. The molecule has 0 aliphatic rings. The Morgan fingerprint density at radius 3 is 2.65 bits per heavy atom. The van der Waals surface area contributed by atoms with E-state index in [1.165, 1.54) is 6.20 Å². The third-order valence-corrected chi connectivity index (χ3v) is 2.83. The van der Waals surface area contributed by atoms with E-state index >= 15 is 0 Å². The molecular formula is C13H13ClN4O2. The first-order chi connectivity index (χ1) is 9.69. The molecule has 1 atom stereocenters. The van der Waals surface area contributed by atoms with Crippen LogP contribution in [0, 0.1) is 0 Å². The van der Waals surface area contributed by atoms with Crippen LogP contribution in [-0.2, 0) is 0 Å². The quantitative estimate of drug-likeness (QED) is 0.804. The molecule has 1 aromatic heterocycles. The van der Waals surface area contributed by atoms with E-state index in [-0.39, 0.29) is 6.61 Å². The Labute approximate surface area is 120 Å². The van der Waals surface area contributed by atoms with Crippen LogP contribution < -0.4 is 10.6 Å². The Balaban J connectivity index is 1.99. The van der Waals surface area contributed by atoms with Crippen molar-refractivity contribution in [3.05, 3.63) is 53.2 Å². The molecule has 3 N–H and O–H groups in total. The molecule has 7 heteroatoms. The van der Waals surface area contributed by atoms with E-state index in [9.17, 15) is 9.90 Å². The largest absolute Gasteiger partial charge is 0.394 e. The monoisotopic (exact) mass is 292 g/mol. The van der Waals surface area contributed by atoms with Crippen molar-refractivity contribution in [1.29, 1.82) is 0 Å². The van der Waals surface area contributed by atoms with Crippen molar-refractivity contribution in [3.8, 4) is 0 Å². The second-order valence-electron chi connectivity index (χ2n) is 3.99. The van der Waals surface area contributed by atoms with E-state index in [1.54, 1.807) is 36.4 Å². The first-order valence-electron chi connectivity index (χ1n) is 5.90. The summed E-state index contributed by atoms with van der Waals surface area (Å²) in [5.41, 5.74) is 0.756. The maximum absolute atomic E-state index is 11.8. The van der Waals surface area contributed by atoms with Gasteiger partial charge in [-0.15, -0.1) is 5.10 Å². The second-order valence-corrected chi connectivity index (χ2v) is 4.43. The average Bonchev–Trinajstić information content (AvgIpc) is 2.47. The number of aliphatic hydroxyl groups excluding tert-OH is 1. The number of anilines is 1. The van der Waals surface area contributed by atoms with Crippen molar-refractivity contribution < 1.29 is 9.90 Å². The van der Waals surface area contributed by atoms with Gasteiger partial charge in [0.2, 0.25) is 0 Å². The molecule has 0 saturated heterocycles. The molecule has 2 amide bonds. The van der Waals surface area contributed by atoms with Gasteiger partial charge < -0.3 is 10.4 Å². The minimum Gasteiger partial charge on any atom is -0.394 e. The Hall–Kier alpha value is -2.18. The van der Waals surface area contributed by atoms with Crippen LogP contribution in [0.15, 0.2) is 42.6 Å². The Kier molecular flexibility index (Phi) is 4.86. The SMILES string of the molecule is O=C(Nc1cccnn1)NC(CO)c1ccc(Cl)cc1. The van der Waals surface area contributed by atoms with E-state index < -0.39 is 12.1 Å². The van der Waals surface area contributed by atoms with Gasteiger partial charge in [0.15, 0.2) is 5.82 Å². The number of carbonyl (C=O) groups is 1. The third-order valence-electron chi connectivity index (χ3n) is 2.57. The summed E-state index contributed by atoms with van der Waals surface area (Å²) in [5, 5.41) is 22.5. The number of urea groups is 1. The van der Waals surface area contributed by atoms with Crippen LogP contribution in [0.3, 0.4) is 0 Å². The van der Waals surface area contributed by atoms with Crippen LogP contribution in [0.2, 0.25) is 5.02 Å². The number of benzene rings is 1. The molecule has 1 aromatic carbocycles. The number of nitrogens with one attached hydrogen (secondary N) is 2. The van der Waals surface area contributed by atoms with Crippen molar-refractivity contribution in [3.63, 3.8) is 0 Å². The molecule has 0 radical (unpaired) electrons. The normalized spacial score (nSPS) is 11.7. The fourth-order valence-electron chi connectivity index (χ4n) is 1.61. The van der Waals surface area contributed by atoms with Crippen LogP contribution in [0.5, 0.6) is 0 Å². The highest BCUT2D eigenvalue weighted by Gasteiger charge is 2.13. The average molecular weight is 293 g/mol. The van der Waals surface area contributed by atoms with Gasteiger partial charge in [-0.1, -0.05) is 23.7 Å². The first kappa shape index (κ1) is 14.2. The smallest absolute Gasteiger partial charge is 0.321 e. The first-order valence-corrected chi connectivity index (χ1v) is 6.28. The van der Waals surface area contributed by atoms with Gasteiger partial charge in [0, 0.05) is 11.2 Å². The summed E-state index contributed by atoms with van der Waals surface area (Å²) in [6.07, 6.45) is 1.51. The molecular weight excluding hydrogens is 280 g/mol. The molecule has 0 aliphatic carbocycles. The molecule has 2 aromatic rings. The zero-order valence-corrected chi connectivity index (χ0v) is 11.2. The van der Waals surface area contributed by atoms with Gasteiger partial charge in [0.1, 0.15) is 0 Å². The van der Waals surface area contributed by atoms with E-state index in [4.69, 9.17) is 11.6 Å². The lowest BCUT2D eigenvalue weighted by atomic mass is 10.1. The number of carbonyl (C=O) groups excluding carboxylic acids is 1. The van der Waals surface area contributed by atoms with Crippen LogP contribution in [0.1, 0.15) is 11.6 Å². The number of hydrogen-bond acceptors (Lipinski definition) is 4. The summed E-state index contributed by atoms with van der Waals surface area (Å²) in [4.78, 5) is 11.8. The Morgan fingerprint density at radius 1 is 1.30 bits per heavy atom. The zero-order chi connectivity index (χ0) is 14.4. The van der Waals surface area contributed by atoms with Crippen molar-refractivity contribution in [2.24, 2.45) is 0 Å². The fourth-order valence-corrected chi connectivity index (χ4v) is 1.73. The van der Waals surface area contributed by atoms with Gasteiger partial charge in [0.05, 0.1) is 12.6 Å². The molecule has 104 valence electrons. The number of aromatic nitrogens is 2. The van der Waals surface area contributed by atoms with Crippen molar-refractivity contribution in [1.82, 2.24) is 15.5 Å². The molecule has 6 nitrogen and oxygen atoms in total. The molecule has 0 fully saturated rings. The summed E-state index contributed by atoms with van der Waals surface area (Å²) >= 11 is 5.80. The summed E-state index contributed by atoms with van der Waals surface area (Å²) in [6.45, 7) is -0.227. The summed E-state index contributed by atoms with van der Waals surface area (Å²) < 4.78 is 0. The molecule has 2 rings (SSSR count). The van der Waals surface area contributed by atoms with Gasteiger partial charge >= 0.3 is 6.03 Å². The van der Waals surface area contributed by atoms with Crippen LogP contribution in [0.25, 0.3) is 0 Å². The topological polar surface area (TPSA) is 87.1 Å². The van der Waals surface area contributed by atoms with Gasteiger partial charge in [-0.05, 0) is 29.8 Å². The number of amides is 2. The lowest BCUT2D eigenvalue weighted by Crippen LogP contribution is -2.34. The van der Waals surface area contributed by atoms with Crippen molar-refractivity contribution in [2.45, 2.75) is 6.04 Å². The van der Waals surface area contributed by atoms with Crippen LogP contribution >= 0.6 is 11.6 Å². The number of nitrogens with zero attached hydrogens (tertiary/aromatic N) is 2. The number of aliphatic hydroxyl groups is 1. The highest BCUT2D eigenvalue weighted by Crippen LogP contribution is 2.16. The van der Waals surface area contributed by atoms with Crippen LogP contribution in [0.4, 0.5) is 10.6 Å². The lowest BCUT2D eigenvalue weighted by Gasteiger charge is -2.17. The van der Waals surface area contributed by atoms with Gasteiger partial charge in [0.25, 0.3) is 0 Å². The summed E-state index contributed by atoms with van der Waals surface area (Å²) in [7, 11) is 0. The summed E-state index contributed by atoms with van der Waals surface area (Å²) in [5.74, 6) is 0.331. The Morgan fingerprint density at radius 2 is 2.05 bits per heavy atom. The van der Waals surface area contributed by atoms with Gasteiger partial charge in [-0.2, -0.15) is 5.10 Å². The fraction of sp³-hybridized carbons (Fsp3) is 0.154. The molecule has 0 spiro atoms. The minimum atomic E-state index is -0.524. The van der Waals surface area contributed by atoms with E-state index in [0.29, 0.717) is 10.8 Å². The predicted octanol–water partition coefficient (Wildman–Crippen LogP) is 1.99. The molecule has 0 saturated carbocycles. The minimum absolute atomic E-state index is 0.227. The van der Waals surface area contributed by atoms with Crippen molar-refractivity contribution in [2.75, 3.05) is 11.9 Å².